The number of carbonyl (C=O) groups is 1. The van der Waals surface area contributed by atoms with Crippen LogP contribution in [0.2, 0.25) is 5.02 Å². The van der Waals surface area contributed by atoms with Crippen molar-refractivity contribution in [2.75, 3.05) is 50.0 Å². The van der Waals surface area contributed by atoms with E-state index in [1.54, 1.807) is 24.3 Å². The van der Waals surface area contributed by atoms with Gasteiger partial charge in [-0.2, -0.15) is 0 Å². The minimum Gasteiger partial charge on any atom is -0.456 e. The Kier molecular flexibility index (Phi) is 11.8. The zero-order valence-electron chi connectivity index (χ0n) is 35.9. The maximum Gasteiger partial charge on any atom is 0.291 e. The standard InChI is InChI=1S/C48H54ClN7O6S/c1-48(2)18-16-33(42(29-48)31-4-6-34(49)7-5-31)30-54-20-22-55(23-21-54)39-11-13-41(45(28-39)62-40-12-14-43-32(24-40)17-19-50-43)47(57)52-63(60,61)46-15-8-35(27-44(46)56(58)59)51-36-25-37-9-10-38(26-36)53(37)3/h4-8,11-15,17,19,24,27-28,36-38,50-51H,9-10,16,18,20-23,25-26,29-30H2,1-3H3,(H,52,57)/t36?,37-,38+. The van der Waals surface area contributed by atoms with Gasteiger partial charge in [0.1, 0.15) is 11.5 Å². The van der Waals surface area contributed by atoms with Crippen molar-refractivity contribution >= 4 is 61.1 Å². The number of halogens is 1. The van der Waals surface area contributed by atoms with Crippen LogP contribution in [-0.4, -0.2) is 91.9 Å². The Morgan fingerprint density at radius 2 is 1.70 bits per heavy atom. The van der Waals surface area contributed by atoms with E-state index in [1.807, 2.05) is 36.5 Å². The summed E-state index contributed by atoms with van der Waals surface area (Å²) in [6.07, 6.45) is 9.08. The molecule has 1 aliphatic carbocycles. The van der Waals surface area contributed by atoms with Crippen molar-refractivity contribution in [2.45, 2.75) is 81.8 Å². The number of fused-ring (bicyclic) bond motifs is 3. The second-order valence-electron chi connectivity index (χ2n) is 18.4. The lowest BCUT2D eigenvalue weighted by atomic mass is 9.72. The van der Waals surface area contributed by atoms with Gasteiger partial charge in [0, 0.05) is 96.5 Å². The van der Waals surface area contributed by atoms with Gasteiger partial charge in [0.15, 0.2) is 4.90 Å². The molecule has 0 saturated carbocycles. The highest BCUT2D eigenvalue weighted by Crippen LogP contribution is 2.44. The molecular formula is C48H54ClN7O6S. The summed E-state index contributed by atoms with van der Waals surface area (Å²) in [5.74, 6) is -0.359. The number of nitro benzene ring substituents is 1. The van der Waals surface area contributed by atoms with Gasteiger partial charge < -0.3 is 24.8 Å². The first-order chi connectivity index (χ1) is 30.2. The molecule has 330 valence electrons. The van der Waals surface area contributed by atoms with Crippen LogP contribution in [0.3, 0.4) is 0 Å². The Morgan fingerprint density at radius 1 is 0.952 bits per heavy atom. The van der Waals surface area contributed by atoms with Crippen LogP contribution in [0, 0.1) is 15.5 Å². The van der Waals surface area contributed by atoms with Crippen LogP contribution < -0.4 is 19.7 Å². The number of allylic oxidation sites excluding steroid dienone is 1. The van der Waals surface area contributed by atoms with Crippen LogP contribution in [0.25, 0.3) is 16.5 Å². The number of ether oxygens (including phenoxy) is 1. The zero-order chi connectivity index (χ0) is 44.0. The first-order valence-corrected chi connectivity index (χ1v) is 23.7. The molecular weight excluding hydrogens is 838 g/mol. The second-order valence-corrected chi connectivity index (χ2v) is 20.5. The van der Waals surface area contributed by atoms with Crippen LogP contribution in [0.1, 0.15) is 74.7 Å². The Balaban J connectivity index is 0.934. The lowest BCUT2D eigenvalue weighted by Crippen LogP contribution is -2.47. The predicted octanol–water partition coefficient (Wildman–Crippen LogP) is 9.46. The fraction of sp³-hybridized carbons (Fsp3) is 0.396. The van der Waals surface area contributed by atoms with Crippen molar-refractivity contribution in [3.05, 3.63) is 123 Å². The number of benzene rings is 4. The molecule has 15 heteroatoms. The van der Waals surface area contributed by atoms with E-state index in [1.165, 1.54) is 34.9 Å². The zero-order valence-corrected chi connectivity index (χ0v) is 37.5. The quantitative estimate of drug-likeness (QED) is 0.0816. The van der Waals surface area contributed by atoms with Gasteiger partial charge in [-0.05, 0) is 129 Å². The van der Waals surface area contributed by atoms with Crippen LogP contribution in [-0.2, 0) is 10.0 Å². The average Bonchev–Trinajstić information content (AvgIpc) is 3.79. The maximum atomic E-state index is 14.0. The number of anilines is 2. The molecule has 0 spiro atoms. The van der Waals surface area contributed by atoms with Crippen molar-refractivity contribution in [3.8, 4) is 11.5 Å². The lowest BCUT2D eigenvalue weighted by molar-refractivity contribution is -0.387. The fourth-order valence-corrected chi connectivity index (χ4v) is 11.3. The Bertz CT molecular complexity index is 2680. The van der Waals surface area contributed by atoms with Gasteiger partial charge in [0.25, 0.3) is 21.6 Å². The molecule has 4 aromatic carbocycles. The largest absolute Gasteiger partial charge is 0.456 e. The number of hydrogen-bond acceptors (Lipinski definition) is 10. The number of piperazine rings is 1. The van der Waals surface area contributed by atoms with Crippen molar-refractivity contribution in [1.29, 1.82) is 0 Å². The molecule has 2 bridgehead atoms. The third-order valence-corrected chi connectivity index (χ3v) is 15.3. The summed E-state index contributed by atoms with van der Waals surface area (Å²) in [6.45, 7) is 8.69. The molecule has 0 radical (unpaired) electrons. The monoisotopic (exact) mass is 891 g/mol. The minimum atomic E-state index is -4.70. The number of nitrogens with zero attached hydrogens (tertiary/aromatic N) is 4. The molecule has 5 aromatic rings. The van der Waals surface area contributed by atoms with Crippen LogP contribution >= 0.6 is 11.6 Å². The van der Waals surface area contributed by atoms with Crippen LogP contribution in [0.15, 0.2) is 102 Å². The highest BCUT2D eigenvalue weighted by molar-refractivity contribution is 7.90. The normalized spacial score (nSPS) is 21.7. The van der Waals surface area contributed by atoms with Gasteiger partial charge in [0.05, 0.1) is 10.5 Å². The fourth-order valence-electron chi connectivity index (χ4n) is 10.1. The molecule has 63 heavy (non-hydrogen) atoms. The van der Waals surface area contributed by atoms with E-state index in [0.717, 1.165) is 99.3 Å². The van der Waals surface area contributed by atoms with Crippen LogP contribution in [0.5, 0.6) is 11.5 Å². The molecule has 1 unspecified atom stereocenters. The number of H-pyrrole nitrogens is 1. The number of piperidine rings is 1. The van der Waals surface area contributed by atoms with Gasteiger partial charge in [0.2, 0.25) is 0 Å². The summed E-state index contributed by atoms with van der Waals surface area (Å²) < 4.78 is 36.2. The number of aromatic nitrogens is 1. The van der Waals surface area contributed by atoms with E-state index in [4.69, 9.17) is 16.3 Å². The Labute approximate surface area is 373 Å². The average molecular weight is 893 g/mol. The van der Waals surface area contributed by atoms with Crippen molar-refractivity contribution < 1.29 is 22.9 Å². The molecule has 4 aliphatic rings. The van der Waals surface area contributed by atoms with E-state index in [0.29, 0.717) is 23.5 Å². The molecule has 1 aromatic heterocycles. The van der Waals surface area contributed by atoms with Crippen molar-refractivity contribution in [3.63, 3.8) is 0 Å². The van der Waals surface area contributed by atoms with E-state index in [2.05, 4.69) is 62.8 Å². The molecule has 1 amide bonds. The summed E-state index contributed by atoms with van der Waals surface area (Å²) in [6, 6.07) is 25.7. The minimum absolute atomic E-state index is 0.0325. The second kappa shape index (κ2) is 17.3. The topological polar surface area (TPSA) is 153 Å². The van der Waals surface area contributed by atoms with E-state index in [9.17, 15) is 23.3 Å². The number of nitro groups is 1. The molecule has 3 saturated heterocycles. The molecule has 13 nitrogen and oxygen atoms in total. The number of amides is 1. The Morgan fingerprint density at radius 3 is 2.43 bits per heavy atom. The first kappa shape index (κ1) is 42.9. The highest BCUT2D eigenvalue weighted by atomic mass is 35.5. The summed E-state index contributed by atoms with van der Waals surface area (Å²) >= 11 is 6.25. The van der Waals surface area contributed by atoms with Gasteiger partial charge >= 0.3 is 0 Å². The van der Waals surface area contributed by atoms with Gasteiger partial charge in [-0.3, -0.25) is 19.8 Å². The summed E-state index contributed by atoms with van der Waals surface area (Å²) in [5.41, 5.74) is 5.90. The van der Waals surface area contributed by atoms with Crippen molar-refractivity contribution in [2.24, 2.45) is 5.41 Å². The molecule has 3 fully saturated rings. The smallest absolute Gasteiger partial charge is 0.291 e. The number of aromatic amines is 1. The van der Waals surface area contributed by atoms with Gasteiger partial charge in [-0.1, -0.05) is 43.2 Å². The van der Waals surface area contributed by atoms with Gasteiger partial charge in [-0.15, -0.1) is 0 Å². The van der Waals surface area contributed by atoms with Gasteiger partial charge in [-0.25, -0.2) is 13.1 Å². The molecule has 3 aliphatic heterocycles. The number of nitrogens with one attached hydrogen (secondary N) is 3. The SMILES string of the molecule is CN1[C@@H]2CC[C@H]1CC(Nc1ccc(S(=O)(=O)NC(=O)c3ccc(N4CCN(CC5=C(c6ccc(Cl)cc6)CC(C)(C)CC5)CC4)cc3Oc3ccc4[nH]ccc4c3)c([N+](=O)[O-])c1)C2. The molecule has 3 N–H and O–H groups in total. The third kappa shape index (κ3) is 9.31. The summed E-state index contributed by atoms with van der Waals surface area (Å²) in [4.78, 5) is 35.3. The molecule has 4 heterocycles. The summed E-state index contributed by atoms with van der Waals surface area (Å²) in [5, 5.41) is 17.4. The lowest BCUT2D eigenvalue weighted by Gasteiger charge is -2.39. The first-order valence-electron chi connectivity index (χ1n) is 21.9. The van der Waals surface area contributed by atoms with E-state index >= 15 is 0 Å². The highest BCUT2D eigenvalue weighted by Gasteiger charge is 2.39. The Hall–Kier alpha value is -5.41. The maximum absolute atomic E-state index is 14.0. The number of carbonyl (C=O) groups excluding carboxylic acids is 1. The number of sulfonamides is 1. The number of hydrogen-bond donors (Lipinski definition) is 3. The summed E-state index contributed by atoms with van der Waals surface area (Å²) in [7, 11) is -2.56. The van der Waals surface area contributed by atoms with E-state index < -0.39 is 31.4 Å². The molecule has 9 rings (SSSR count). The van der Waals surface area contributed by atoms with Crippen LogP contribution in [0.4, 0.5) is 17.1 Å². The predicted molar refractivity (Wildman–Crippen MR) is 248 cm³/mol. The number of rotatable bonds is 12. The van der Waals surface area contributed by atoms with E-state index in [-0.39, 0.29) is 22.8 Å². The third-order valence-electron chi connectivity index (χ3n) is 13.6. The van der Waals surface area contributed by atoms with Crippen molar-refractivity contribution in [1.82, 2.24) is 19.5 Å². The molecule has 3 atom stereocenters.